The number of aromatic nitrogens is 1. The minimum absolute atomic E-state index is 0.0587. The van der Waals surface area contributed by atoms with E-state index in [-0.39, 0.29) is 11.2 Å². The summed E-state index contributed by atoms with van der Waals surface area (Å²) in [7, 11) is 0. The number of nitrogens with zero attached hydrogens (tertiary/aromatic N) is 1. The number of rotatable bonds is 4. The fourth-order valence-electron chi connectivity index (χ4n) is 2.60. The van der Waals surface area contributed by atoms with Gasteiger partial charge in [0, 0.05) is 16.1 Å². The Morgan fingerprint density at radius 1 is 1.12 bits per heavy atom. The standard InChI is InChI=1S/C20H19ClN2OS/c1-12-5-4-6-17-13(2)11-18(23-19(12)17)25-14(3)20(24)22-16-9-7-15(21)8-10-16/h4-11,14H,1-3H3,(H,22,24)/t14-/m0/s1. The number of pyridine rings is 1. The highest BCUT2D eigenvalue weighted by Gasteiger charge is 2.16. The number of anilines is 1. The third kappa shape index (κ3) is 4.14. The predicted molar refractivity (Wildman–Crippen MR) is 107 cm³/mol. The Kier molecular flexibility index (Phi) is 5.30. The third-order valence-electron chi connectivity index (χ3n) is 4.00. The molecule has 0 aliphatic rings. The van der Waals surface area contributed by atoms with E-state index in [9.17, 15) is 4.79 Å². The molecule has 0 bridgehead atoms. The van der Waals surface area contributed by atoms with Crippen LogP contribution < -0.4 is 5.32 Å². The van der Waals surface area contributed by atoms with Gasteiger partial charge in [-0.15, -0.1) is 0 Å². The minimum Gasteiger partial charge on any atom is -0.325 e. The first-order valence-corrected chi connectivity index (χ1v) is 9.30. The quantitative estimate of drug-likeness (QED) is 0.605. The summed E-state index contributed by atoms with van der Waals surface area (Å²) in [6.07, 6.45) is 0. The van der Waals surface area contributed by atoms with Crippen LogP contribution in [0.2, 0.25) is 5.02 Å². The van der Waals surface area contributed by atoms with E-state index in [1.54, 1.807) is 24.3 Å². The van der Waals surface area contributed by atoms with Crippen molar-refractivity contribution in [2.45, 2.75) is 31.0 Å². The smallest absolute Gasteiger partial charge is 0.237 e. The van der Waals surface area contributed by atoms with Gasteiger partial charge in [0.15, 0.2) is 0 Å². The molecule has 0 saturated heterocycles. The summed E-state index contributed by atoms with van der Waals surface area (Å²) in [5.41, 5.74) is 4.04. The van der Waals surface area contributed by atoms with Gasteiger partial charge >= 0.3 is 0 Å². The average Bonchev–Trinajstić information content (AvgIpc) is 2.58. The van der Waals surface area contributed by atoms with Gasteiger partial charge in [0.1, 0.15) is 0 Å². The molecule has 0 saturated carbocycles. The monoisotopic (exact) mass is 370 g/mol. The van der Waals surface area contributed by atoms with Crippen LogP contribution in [0.15, 0.2) is 53.6 Å². The molecule has 0 spiro atoms. The van der Waals surface area contributed by atoms with Gasteiger partial charge in [0.05, 0.1) is 15.8 Å². The number of hydrogen-bond acceptors (Lipinski definition) is 3. The Balaban J connectivity index is 1.77. The summed E-state index contributed by atoms with van der Waals surface area (Å²) in [6.45, 7) is 6.01. The van der Waals surface area contributed by atoms with E-state index in [4.69, 9.17) is 16.6 Å². The zero-order valence-electron chi connectivity index (χ0n) is 14.3. The highest BCUT2D eigenvalue weighted by molar-refractivity contribution is 8.00. The van der Waals surface area contributed by atoms with Crippen molar-refractivity contribution in [2.24, 2.45) is 0 Å². The van der Waals surface area contributed by atoms with Gasteiger partial charge in [-0.3, -0.25) is 4.79 Å². The number of thioether (sulfide) groups is 1. The van der Waals surface area contributed by atoms with Crippen LogP contribution in [-0.2, 0) is 4.79 Å². The molecule has 5 heteroatoms. The molecule has 25 heavy (non-hydrogen) atoms. The maximum atomic E-state index is 12.4. The molecular formula is C20H19ClN2OS. The van der Waals surface area contributed by atoms with Crippen molar-refractivity contribution < 1.29 is 4.79 Å². The van der Waals surface area contributed by atoms with Gasteiger partial charge in [-0.25, -0.2) is 4.98 Å². The topological polar surface area (TPSA) is 42.0 Å². The van der Waals surface area contributed by atoms with E-state index in [2.05, 4.69) is 31.3 Å². The van der Waals surface area contributed by atoms with Crippen molar-refractivity contribution in [3.63, 3.8) is 0 Å². The maximum Gasteiger partial charge on any atom is 0.237 e. The highest BCUT2D eigenvalue weighted by Crippen LogP contribution is 2.28. The zero-order valence-corrected chi connectivity index (χ0v) is 15.9. The van der Waals surface area contributed by atoms with Gasteiger partial charge in [0.25, 0.3) is 0 Å². The van der Waals surface area contributed by atoms with Crippen molar-refractivity contribution in [3.05, 3.63) is 64.7 Å². The van der Waals surface area contributed by atoms with E-state index in [0.717, 1.165) is 27.2 Å². The highest BCUT2D eigenvalue weighted by atomic mass is 35.5. The van der Waals surface area contributed by atoms with E-state index in [1.165, 1.54) is 17.3 Å². The summed E-state index contributed by atoms with van der Waals surface area (Å²) in [5, 5.41) is 5.31. The zero-order chi connectivity index (χ0) is 18.0. The Hall–Kier alpha value is -2.04. The van der Waals surface area contributed by atoms with Gasteiger partial charge in [0.2, 0.25) is 5.91 Å². The molecule has 1 heterocycles. The Morgan fingerprint density at radius 3 is 2.56 bits per heavy atom. The number of hydrogen-bond donors (Lipinski definition) is 1. The summed E-state index contributed by atoms with van der Waals surface area (Å²) >= 11 is 7.33. The van der Waals surface area contributed by atoms with Gasteiger partial charge in [-0.05, 0) is 62.2 Å². The molecule has 0 unspecified atom stereocenters. The maximum absolute atomic E-state index is 12.4. The first-order chi connectivity index (χ1) is 11.9. The molecule has 0 radical (unpaired) electrons. The lowest BCUT2D eigenvalue weighted by molar-refractivity contribution is -0.115. The number of aryl methyl sites for hydroxylation is 2. The Morgan fingerprint density at radius 2 is 1.84 bits per heavy atom. The summed E-state index contributed by atoms with van der Waals surface area (Å²) in [6, 6.07) is 15.3. The second-order valence-electron chi connectivity index (χ2n) is 6.00. The Labute approximate surface area is 156 Å². The van der Waals surface area contributed by atoms with Crippen molar-refractivity contribution in [1.29, 1.82) is 0 Å². The number of halogens is 1. The predicted octanol–water partition coefficient (Wildman–Crippen LogP) is 5.62. The lowest BCUT2D eigenvalue weighted by Gasteiger charge is -2.13. The van der Waals surface area contributed by atoms with Crippen LogP contribution in [0.4, 0.5) is 5.69 Å². The van der Waals surface area contributed by atoms with E-state index >= 15 is 0 Å². The summed E-state index contributed by atoms with van der Waals surface area (Å²) in [4.78, 5) is 17.2. The minimum atomic E-state index is -0.260. The van der Waals surface area contributed by atoms with Crippen LogP contribution in [0.25, 0.3) is 10.9 Å². The fraction of sp³-hybridized carbons (Fsp3) is 0.200. The first-order valence-electron chi connectivity index (χ1n) is 8.04. The van der Waals surface area contributed by atoms with Gasteiger partial charge in [-0.1, -0.05) is 41.6 Å². The Bertz CT molecular complexity index is 925. The fourth-order valence-corrected chi connectivity index (χ4v) is 3.65. The number of amides is 1. The van der Waals surface area contributed by atoms with E-state index in [0.29, 0.717) is 5.02 Å². The molecule has 0 fully saturated rings. The summed E-state index contributed by atoms with van der Waals surface area (Å²) in [5.74, 6) is -0.0587. The number of nitrogens with one attached hydrogen (secondary N) is 1. The van der Waals surface area contributed by atoms with Crippen LogP contribution in [-0.4, -0.2) is 16.1 Å². The second-order valence-corrected chi connectivity index (χ2v) is 7.80. The van der Waals surface area contributed by atoms with Crippen LogP contribution in [0, 0.1) is 13.8 Å². The van der Waals surface area contributed by atoms with E-state index in [1.807, 2.05) is 19.1 Å². The van der Waals surface area contributed by atoms with Crippen LogP contribution in [0.1, 0.15) is 18.1 Å². The molecule has 3 aromatic rings. The van der Waals surface area contributed by atoms with E-state index < -0.39 is 0 Å². The van der Waals surface area contributed by atoms with Crippen molar-refractivity contribution >= 4 is 45.9 Å². The number of fused-ring (bicyclic) bond motifs is 1. The van der Waals surface area contributed by atoms with Gasteiger partial charge < -0.3 is 5.32 Å². The van der Waals surface area contributed by atoms with Crippen LogP contribution in [0.3, 0.4) is 0 Å². The van der Waals surface area contributed by atoms with Crippen molar-refractivity contribution in [2.75, 3.05) is 5.32 Å². The lowest BCUT2D eigenvalue weighted by Crippen LogP contribution is -2.22. The molecule has 3 rings (SSSR count). The number of para-hydroxylation sites is 1. The SMILES string of the molecule is Cc1cc(S[C@@H](C)C(=O)Nc2ccc(Cl)cc2)nc2c(C)cccc12. The normalized spacial score (nSPS) is 12.2. The lowest BCUT2D eigenvalue weighted by atomic mass is 10.1. The van der Waals surface area contributed by atoms with Crippen molar-refractivity contribution in [1.82, 2.24) is 4.98 Å². The third-order valence-corrected chi connectivity index (χ3v) is 5.27. The molecule has 0 aliphatic carbocycles. The molecule has 1 amide bonds. The number of carbonyl (C=O) groups is 1. The average molecular weight is 371 g/mol. The molecule has 1 N–H and O–H groups in total. The largest absolute Gasteiger partial charge is 0.325 e. The van der Waals surface area contributed by atoms with Crippen molar-refractivity contribution in [3.8, 4) is 0 Å². The van der Waals surface area contributed by atoms with Gasteiger partial charge in [-0.2, -0.15) is 0 Å². The molecule has 2 aromatic carbocycles. The van der Waals surface area contributed by atoms with Crippen LogP contribution in [0.5, 0.6) is 0 Å². The first kappa shape index (κ1) is 17.8. The molecule has 1 aromatic heterocycles. The number of benzene rings is 2. The molecule has 3 nitrogen and oxygen atoms in total. The number of carbonyl (C=O) groups excluding carboxylic acids is 1. The molecule has 0 aliphatic heterocycles. The molecular weight excluding hydrogens is 352 g/mol. The second kappa shape index (κ2) is 7.46. The molecule has 1 atom stereocenters. The summed E-state index contributed by atoms with van der Waals surface area (Å²) < 4.78 is 0. The molecule has 128 valence electrons. The van der Waals surface area contributed by atoms with Crippen LogP contribution >= 0.6 is 23.4 Å².